The first kappa shape index (κ1) is 15.3. The number of para-hydroxylation sites is 1. The Hall–Kier alpha value is -3.09. The Kier molecular flexibility index (Phi) is 4.57. The van der Waals surface area contributed by atoms with Gasteiger partial charge in [0.2, 0.25) is 5.43 Å². The summed E-state index contributed by atoms with van der Waals surface area (Å²) < 4.78 is 14.3. The van der Waals surface area contributed by atoms with E-state index in [0.29, 0.717) is 11.0 Å². The molecule has 1 heterocycles. The first-order valence-electron chi connectivity index (χ1n) is 6.22. The van der Waals surface area contributed by atoms with Crippen molar-refractivity contribution in [1.29, 1.82) is 0 Å². The van der Waals surface area contributed by atoms with Crippen LogP contribution in [-0.4, -0.2) is 26.2 Å². The molecule has 7 nitrogen and oxygen atoms in total. The highest BCUT2D eigenvalue weighted by molar-refractivity contribution is 5.99. The fourth-order valence-electron chi connectivity index (χ4n) is 1.74. The minimum atomic E-state index is -0.821. The SMILES string of the molecule is COC(=O)C=C(Nc1coc2ccccc2c1=O)C(=O)OC. The van der Waals surface area contributed by atoms with Crippen LogP contribution < -0.4 is 10.7 Å². The van der Waals surface area contributed by atoms with E-state index in [0.717, 1.165) is 20.3 Å². The number of hydrogen-bond donors (Lipinski definition) is 1. The molecule has 7 heteroatoms. The second kappa shape index (κ2) is 6.57. The summed E-state index contributed by atoms with van der Waals surface area (Å²) in [6, 6.07) is 6.66. The molecule has 0 fully saturated rings. The molecule has 0 aliphatic rings. The number of ether oxygens (including phenoxy) is 2. The summed E-state index contributed by atoms with van der Waals surface area (Å²) in [7, 11) is 2.32. The topological polar surface area (TPSA) is 94.8 Å². The van der Waals surface area contributed by atoms with Gasteiger partial charge in [0.15, 0.2) is 0 Å². The molecule has 1 N–H and O–H groups in total. The average Bonchev–Trinajstić information content (AvgIpc) is 2.55. The van der Waals surface area contributed by atoms with E-state index in [1.807, 2.05) is 0 Å². The van der Waals surface area contributed by atoms with Crippen LogP contribution in [-0.2, 0) is 19.1 Å². The van der Waals surface area contributed by atoms with Gasteiger partial charge in [-0.3, -0.25) is 4.79 Å². The minimum Gasteiger partial charge on any atom is -0.466 e. The highest BCUT2D eigenvalue weighted by Crippen LogP contribution is 2.14. The van der Waals surface area contributed by atoms with Crippen molar-refractivity contribution in [3.05, 3.63) is 52.5 Å². The predicted molar refractivity (Wildman–Crippen MR) is 78.2 cm³/mol. The third-order valence-electron chi connectivity index (χ3n) is 2.82. The maximum atomic E-state index is 12.3. The Labute approximate surface area is 125 Å². The maximum Gasteiger partial charge on any atom is 0.354 e. The number of nitrogens with one attached hydrogen (secondary N) is 1. The Bertz CT molecular complexity index is 805. The molecule has 0 unspecified atom stereocenters. The standard InChI is InChI=1S/C15H13NO6/c1-20-13(17)7-10(15(19)21-2)16-11-8-22-12-6-4-3-5-9(12)14(11)18/h3-8,16H,1-2H3. The molecule has 0 spiro atoms. The number of fused-ring (bicyclic) bond motifs is 1. The third kappa shape index (κ3) is 3.14. The van der Waals surface area contributed by atoms with Gasteiger partial charge in [0, 0.05) is 0 Å². The molecule has 1 aromatic heterocycles. The van der Waals surface area contributed by atoms with Gasteiger partial charge >= 0.3 is 11.9 Å². The van der Waals surface area contributed by atoms with Crippen LogP contribution in [0, 0.1) is 0 Å². The quantitative estimate of drug-likeness (QED) is 0.674. The number of hydrogen-bond acceptors (Lipinski definition) is 7. The van der Waals surface area contributed by atoms with Gasteiger partial charge in [-0.25, -0.2) is 9.59 Å². The van der Waals surface area contributed by atoms with Crippen LogP contribution in [0.25, 0.3) is 11.0 Å². The van der Waals surface area contributed by atoms with E-state index in [9.17, 15) is 14.4 Å². The summed E-state index contributed by atoms with van der Waals surface area (Å²) in [5.74, 6) is -1.59. The summed E-state index contributed by atoms with van der Waals surface area (Å²) in [5, 5.41) is 2.88. The molecule has 22 heavy (non-hydrogen) atoms. The predicted octanol–water partition coefficient (Wildman–Crippen LogP) is 1.43. The molecule has 2 rings (SSSR count). The third-order valence-corrected chi connectivity index (χ3v) is 2.82. The van der Waals surface area contributed by atoms with Gasteiger partial charge in [-0.15, -0.1) is 0 Å². The van der Waals surface area contributed by atoms with Gasteiger partial charge in [-0.1, -0.05) is 12.1 Å². The van der Waals surface area contributed by atoms with Crippen LogP contribution in [0.2, 0.25) is 0 Å². The van der Waals surface area contributed by atoms with Crippen molar-refractivity contribution in [2.75, 3.05) is 19.5 Å². The van der Waals surface area contributed by atoms with E-state index >= 15 is 0 Å². The number of benzene rings is 1. The first-order valence-corrected chi connectivity index (χ1v) is 6.22. The second-order valence-electron chi connectivity index (χ2n) is 4.17. The lowest BCUT2D eigenvalue weighted by molar-refractivity contribution is -0.138. The van der Waals surface area contributed by atoms with Crippen molar-refractivity contribution in [3.63, 3.8) is 0 Å². The van der Waals surface area contributed by atoms with Crippen molar-refractivity contribution < 1.29 is 23.5 Å². The van der Waals surface area contributed by atoms with Gasteiger partial charge < -0.3 is 19.2 Å². The normalized spacial score (nSPS) is 11.1. The lowest BCUT2D eigenvalue weighted by atomic mass is 10.2. The smallest absolute Gasteiger partial charge is 0.354 e. The molecule has 0 saturated heterocycles. The van der Waals surface area contributed by atoms with Gasteiger partial charge in [-0.2, -0.15) is 0 Å². The summed E-state index contributed by atoms with van der Waals surface area (Å²) in [5.41, 5.74) is -0.202. The lowest BCUT2D eigenvalue weighted by Gasteiger charge is -2.08. The Morgan fingerprint density at radius 3 is 2.59 bits per heavy atom. The summed E-state index contributed by atoms with van der Waals surface area (Å²) in [6.07, 6.45) is 2.05. The zero-order chi connectivity index (χ0) is 16.1. The van der Waals surface area contributed by atoms with Crippen LogP contribution >= 0.6 is 0 Å². The van der Waals surface area contributed by atoms with E-state index in [1.54, 1.807) is 24.3 Å². The Morgan fingerprint density at radius 2 is 1.91 bits per heavy atom. The molecule has 0 amide bonds. The van der Waals surface area contributed by atoms with Crippen molar-refractivity contribution in [2.45, 2.75) is 0 Å². The molecule has 0 aliphatic heterocycles. The second-order valence-corrected chi connectivity index (χ2v) is 4.17. The summed E-state index contributed by atoms with van der Waals surface area (Å²) in [6.45, 7) is 0. The summed E-state index contributed by atoms with van der Waals surface area (Å²) >= 11 is 0. The van der Waals surface area contributed by atoms with Gasteiger partial charge in [0.25, 0.3) is 0 Å². The average molecular weight is 303 g/mol. The number of carbonyl (C=O) groups is 2. The number of rotatable bonds is 4. The highest BCUT2D eigenvalue weighted by Gasteiger charge is 2.15. The number of carbonyl (C=O) groups excluding carboxylic acids is 2. The van der Waals surface area contributed by atoms with Gasteiger partial charge in [0.05, 0.1) is 25.7 Å². The molecule has 1 aromatic carbocycles. The fourth-order valence-corrected chi connectivity index (χ4v) is 1.74. The molecule has 0 aliphatic carbocycles. The van der Waals surface area contributed by atoms with Crippen molar-refractivity contribution in [3.8, 4) is 0 Å². The fraction of sp³-hybridized carbons (Fsp3) is 0.133. The van der Waals surface area contributed by atoms with Crippen molar-refractivity contribution >= 4 is 28.6 Å². The molecular formula is C15H13NO6. The molecule has 0 saturated carbocycles. The monoisotopic (exact) mass is 303 g/mol. The van der Waals surface area contributed by atoms with Crippen molar-refractivity contribution in [1.82, 2.24) is 0 Å². The largest absolute Gasteiger partial charge is 0.466 e. The van der Waals surface area contributed by atoms with Gasteiger partial charge in [-0.05, 0) is 12.1 Å². The summed E-state index contributed by atoms with van der Waals surface area (Å²) in [4.78, 5) is 35.2. The Balaban J connectivity index is 2.44. The molecule has 0 atom stereocenters. The minimum absolute atomic E-state index is 0.000692. The molecule has 114 valence electrons. The number of esters is 2. The molecule has 0 bridgehead atoms. The van der Waals surface area contributed by atoms with Crippen LogP contribution in [0.15, 0.2) is 51.5 Å². The lowest BCUT2D eigenvalue weighted by Crippen LogP contribution is -2.19. The maximum absolute atomic E-state index is 12.3. The van der Waals surface area contributed by atoms with Crippen molar-refractivity contribution in [2.24, 2.45) is 0 Å². The van der Waals surface area contributed by atoms with Crippen LogP contribution in [0.5, 0.6) is 0 Å². The van der Waals surface area contributed by atoms with E-state index in [1.165, 1.54) is 6.26 Å². The molecular weight excluding hydrogens is 290 g/mol. The van der Waals surface area contributed by atoms with E-state index in [2.05, 4.69) is 14.8 Å². The van der Waals surface area contributed by atoms with Crippen LogP contribution in [0.4, 0.5) is 5.69 Å². The number of methoxy groups -OCH3 is 2. The number of anilines is 1. The molecule has 0 radical (unpaired) electrons. The van der Waals surface area contributed by atoms with E-state index in [-0.39, 0.29) is 16.8 Å². The Morgan fingerprint density at radius 1 is 1.18 bits per heavy atom. The van der Waals surface area contributed by atoms with Crippen LogP contribution in [0.3, 0.4) is 0 Å². The zero-order valence-corrected chi connectivity index (χ0v) is 11.9. The van der Waals surface area contributed by atoms with Gasteiger partial charge in [0.1, 0.15) is 23.2 Å². The van der Waals surface area contributed by atoms with E-state index in [4.69, 9.17) is 4.42 Å². The zero-order valence-electron chi connectivity index (χ0n) is 11.9. The molecule has 2 aromatic rings. The van der Waals surface area contributed by atoms with E-state index < -0.39 is 11.9 Å². The first-order chi connectivity index (χ1) is 10.6. The van der Waals surface area contributed by atoms with Crippen LogP contribution in [0.1, 0.15) is 0 Å². The highest BCUT2D eigenvalue weighted by atomic mass is 16.5.